The van der Waals surface area contributed by atoms with Crippen molar-refractivity contribution in [2.45, 2.75) is 59.0 Å². The Hall–Kier alpha value is -1.29. The van der Waals surface area contributed by atoms with E-state index in [-0.39, 0.29) is 16.9 Å². The molecule has 0 aromatic carbocycles. The van der Waals surface area contributed by atoms with Gasteiger partial charge in [0.05, 0.1) is 5.70 Å². The van der Waals surface area contributed by atoms with Gasteiger partial charge in [-0.1, -0.05) is 6.58 Å². The van der Waals surface area contributed by atoms with Crippen LogP contribution >= 0.6 is 0 Å². The summed E-state index contributed by atoms with van der Waals surface area (Å²) in [6, 6.07) is 0. The molecule has 4 heteroatoms. The van der Waals surface area contributed by atoms with E-state index >= 15 is 0 Å². The zero-order valence-electron chi connectivity index (χ0n) is 15.6. The van der Waals surface area contributed by atoms with Gasteiger partial charge < -0.3 is 15.1 Å². The molecular weight excluding hydrogens is 274 g/mol. The van der Waals surface area contributed by atoms with Crippen LogP contribution in [-0.4, -0.2) is 53.8 Å². The molecule has 126 valence electrons. The van der Waals surface area contributed by atoms with Crippen LogP contribution in [0.15, 0.2) is 23.5 Å². The van der Waals surface area contributed by atoms with Crippen LogP contribution in [0.5, 0.6) is 0 Å². The van der Waals surface area contributed by atoms with Gasteiger partial charge in [0.25, 0.3) is 0 Å². The van der Waals surface area contributed by atoms with E-state index < -0.39 is 0 Å². The van der Waals surface area contributed by atoms with Gasteiger partial charge in [-0.25, -0.2) is 0 Å². The van der Waals surface area contributed by atoms with E-state index in [1.165, 1.54) is 0 Å². The summed E-state index contributed by atoms with van der Waals surface area (Å²) >= 11 is 0. The normalized spacial score (nSPS) is 16.2. The Labute approximate surface area is 136 Å². The third-order valence-corrected chi connectivity index (χ3v) is 3.59. The Morgan fingerprint density at radius 3 is 2.00 bits per heavy atom. The van der Waals surface area contributed by atoms with Crippen molar-refractivity contribution < 1.29 is 4.79 Å². The second-order valence-electron chi connectivity index (χ2n) is 8.39. The van der Waals surface area contributed by atoms with E-state index in [4.69, 9.17) is 0 Å². The van der Waals surface area contributed by atoms with E-state index in [0.29, 0.717) is 5.57 Å². The topological polar surface area (TPSA) is 35.6 Å². The van der Waals surface area contributed by atoms with E-state index in [9.17, 15) is 4.79 Å². The minimum Gasteiger partial charge on any atom is -0.378 e. The van der Waals surface area contributed by atoms with Crippen molar-refractivity contribution in [2.24, 2.45) is 0 Å². The predicted octanol–water partition coefficient (Wildman–Crippen LogP) is 2.78. The zero-order valence-corrected chi connectivity index (χ0v) is 15.6. The molecule has 1 rings (SSSR count). The summed E-state index contributed by atoms with van der Waals surface area (Å²) in [5, 5.41) is 3.44. The van der Waals surface area contributed by atoms with Crippen LogP contribution in [0.4, 0.5) is 0 Å². The molecule has 0 aromatic heterocycles. The molecule has 4 nitrogen and oxygen atoms in total. The summed E-state index contributed by atoms with van der Waals surface area (Å²) in [6.07, 6.45) is 1.02. The number of Topliss-reactive ketones (excluding diaryl/α,β-unsaturated/α-hetero) is 1. The van der Waals surface area contributed by atoms with E-state index in [2.05, 4.69) is 77.3 Å². The van der Waals surface area contributed by atoms with Gasteiger partial charge in [0.15, 0.2) is 0 Å². The number of carbonyl (C=O) groups is 1. The van der Waals surface area contributed by atoms with E-state index in [1.54, 1.807) is 0 Å². The summed E-state index contributed by atoms with van der Waals surface area (Å²) in [6.45, 7) is 18.6. The lowest BCUT2D eigenvalue weighted by Crippen LogP contribution is -2.51. The summed E-state index contributed by atoms with van der Waals surface area (Å²) in [5.74, 6) is 0.0755. The highest BCUT2D eigenvalue weighted by molar-refractivity contribution is 6.18. The van der Waals surface area contributed by atoms with Gasteiger partial charge in [-0.2, -0.15) is 0 Å². The van der Waals surface area contributed by atoms with Crippen LogP contribution in [0.25, 0.3) is 0 Å². The molecular formula is C18H33N3O. The summed E-state index contributed by atoms with van der Waals surface area (Å²) in [5.41, 5.74) is 2.13. The average Bonchev–Trinajstić information content (AvgIpc) is 2.32. The van der Waals surface area contributed by atoms with Crippen molar-refractivity contribution in [2.75, 3.05) is 27.2 Å². The first-order valence-corrected chi connectivity index (χ1v) is 8.03. The fourth-order valence-electron chi connectivity index (χ4n) is 2.55. The molecule has 0 amide bonds. The third-order valence-electron chi connectivity index (χ3n) is 3.59. The standard InChI is InChI=1S/C18H33N3O/c1-13-14(19-17(2,3)4)15(16(13)22)21(18(5,6)7)12-10-11-20(8)9/h19H,1,10-12H2,2-9H3. The molecule has 0 fully saturated rings. The largest absolute Gasteiger partial charge is 0.378 e. The van der Waals surface area contributed by atoms with Crippen LogP contribution in [-0.2, 0) is 4.79 Å². The molecule has 0 saturated heterocycles. The fourth-order valence-corrected chi connectivity index (χ4v) is 2.55. The molecule has 0 spiro atoms. The summed E-state index contributed by atoms with van der Waals surface area (Å²) in [7, 11) is 4.15. The van der Waals surface area contributed by atoms with Crippen molar-refractivity contribution in [1.29, 1.82) is 0 Å². The Morgan fingerprint density at radius 2 is 1.59 bits per heavy atom. The minimum atomic E-state index is -0.0944. The number of allylic oxidation sites excluding steroid dienone is 2. The minimum absolute atomic E-state index is 0.0755. The van der Waals surface area contributed by atoms with Gasteiger partial charge in [-0.05, 0) is 68.6 Å². The monoisotopic (exact) mass is 307 g/mol. The molecule has 0 aromatic rings. The lowest BCUT2D eigenvalue weighted by Gasteiger charge is -2.45. The van der Waals surface area contributed by atoms with E-state index in [0.717, 1.165) is 30.9 Å². The van der Waals surface area contributed by atoms with Gasteiger partial charge in [-0.15, -0.1) is 0 Å². The second-order valence-corrected chi connectivity index (χ2v) is 8.39. The molecule has 0 saturated carbocycles. The molecule has 0 aliphatic heterocycles. The van der Waals surface area contributed by atoms with Gasteiger partial charge in [0.1, 0.15) is 5.70 Å². The molecule has 0 heterocycles. The van der Waals surface area contributed by atoms with Gasteiger partial charge in [0, 0.05) is 23.2 Å². The average molecular weight is 307 g/mol. The van der Waals surface area contributed by atoms with Crippen LogP contribution in [0.1, 0.15) is 48.0 Å². The van der Waals surface area contributed by atoms with Crippen molar-refractivity contribution in [3.05, 3.63) is 23.5 Å². The number of nitrogens with zero attached hydrogens (tertiary/aromatic N) is 2. The Bertz CT molecular complexity index is 476. The lowest BCUT2D eigenvalue weighted by atomic mass is 9.87. The maximum atomic E-state index is 12.4. The summed E-state index contributed by atoms with van der Waals surface area (Å²) < 4.78 is 0. The number of nitrogens with one attached hydrogen (secondary N) is 1. The number of hydrogen-bond donors (Lipinski definition) is 1. The van der Waals surface area contributed by atoms with Crippen molar-refractivity contribution in [3.63, 3.8) is 0 Å². The maximum Gasteiger partial charge on any atom is 0.212 e. The predicted molar refractivity (Wildman–Crippen MR) is 93.7 cm³/mol. The molecule has 1 N–H and O–H groups in total. The van der Waals surface area contributed by atoms with Crippen LogP contribution in [0, 0.1) is 0 Å². The van der Waals surface area contributed by atoms with Crippen LogP contribution in [0.3, 0.4) is 0 Å². The molecule has 0 radical (unpaired) electrons. The molecule has 1 aliphatic rings. The smallest absolute Gasteiger partial charge is 0.212 e. The van der Waals surface area contributed by atoms with Gasteiger partial charge >= 0.3 is 0 Å². The number of hydrogen-bond acceptors (Lipinski definition) is 4. The van der Waals surface area contributed by atoms with Gasteiger partial charge in [0.2, 0.25) is 5.78 Å². The highest BCUT2D eigenvalue weighted by Gasteiger charge is 2.40. The maximum absolute atomic E-state index is 12.4. The van der Waals surface area contributed by atoms with Crippen LogP contribution < -0.4 is 5.32 Å². The van der Waals surface area contributed by atoms with Gasteiger partial charge in [-0.3, -0.25) is 4.79 Å². The fraction of sp³-hybridized carbons (Fsp3) is 0.722. The molecule has 0 bridgehead atoms. The zero-order chi connectivity index (χ0) is 17.3. The van der Waals surface area contributed by atoms with Crippen LogP contribution in [0.2, 0.25) is 0 Å². The lowest BCUT2D eigenvalue weighted by molar-refractivity contribution is -0.115. The summed E-state index contributed by atoms with van der Waals surface area (Å²) in [4.78, 5) is 16.8. The second kappa shape index (κ2) is 6.45. The Balaban J connectivity index is 3.05. The van der Waals surface area contributed by atoms with Crippen molar-refractivity contribution >= 4 is 5.78 Å². The van der Waals surface area contributed by atoms with Crippen molar-refractivity contribution in [1.82, 2.24) is 15.1 Å². The Morgan fingerprint density at radius 1 is 1.05 bits per heavy atom. The number of ketones is 1. The third kappa shape index (κ3) is 4.60. The number of rotatable bonds is 6. The molecule has 0 unspecified atom stereocenters. The first-order chi connectivity index (χ1) is 9.84. The quantitative estimate of drug-likeness (QED) is 0.766. The first-order valence-electron chi connectivity index (χ1n) is 8.03. The first kappa shape index (κ1) is 18.8. The molecule has 0 atom stereocenters. The molecule has 22 heavy (non-hydrogen) atoms. The number of carbonyl (C=O) groups excluding carboxylic acids is 1. The Kier molecular flexibility index (Phi) is 5.50. The highest BCUT2D eigenvalue weighted by atomic mass is 16.1. The van der Waals surface area contributed by atoms with Crippen molar-refractivity contribution in [3.8, 4) is 0 Å². The van der Waals surface area contributed by atoms with E-state index in [1.807, 2.05) is 0 Å². The SMILES string of the molecule is C=C1C(=O)C(N(CCCN(C)C)C(C)(C)C)=C1NC(C)(C)C. The highest BCUT2D eigenvalue weighted by Crippen LogP contribution is 2.35. The molecule has 1 aliphatic carbocycles.